The second-order valence-corrected chi connectivity index (χ2v) is 7.53. The summed E-state index contributed by atoms with van der Waals surface area (Å²) >= 11 is 0. The summed E-state index contributed by atoms with van der Waals surface area (Å²) < 4.78 is 42.5. The van der Waals surface area contributed by atoms with E-state index in [9.17, 15) is 27.6 Å². The molecule has 2 aromatic heterocycles. The van der Waals surface area contributed by atoms with Gasteiger partial charge >= 0.3 is 6.18 Å². The van der Waals surface area contributed by atoms with E-state index in [1.807, 2.05) is 5.32 Å². The first-order valence-electron chi connectivity index (χ1n) is 10.1. The largest absolute Gasteiger partial charge is 0.412 e. The van der Waals surface area contributed by atoms with Crippen molar-refractivity contribution in [1.82, 2.24) is 20.2 Å². The highest BCUT2D eigenvalue weighted by Crippen LogP contribution is 2.33. The number of nitrogens with zero attached hydrogens (tertiary/aromatic N) is 2. The molecule has 2 N–H and O–H groups in total. The zero-order valence-corrected chi connectivity index (χ0v) is 17.2. The lowest BCUT2D eigenvalue weighted by Gasteiger charge is -2.22. The summed E-state index contributed by atoms with van der Waals surface area (Å²) in [5.41, 5.74) is -2.05. The van der Waals surface area contributed by atoms with E-state index in [0.29, 0.717) is 0 Å². The van der Waals surface area contributed by atoms with Crippen molar-refractivity contribution in [3.8, 4) is 0 Å². The van der Waals surface area contributed by atoms with Crippen molar-refractivity contribution in [1.29, 1.82) is 0 Å². The van der Waals surface area contributed by atoms with Crippen molar-refractivity contribution in [2.75, 3.05) is 6.54 Å². The number of rotatable bonds is 7. The van der Waals surface area contributed by atoms with Gasteiger partial charge < -0.3 is 15.2 Å². The molecule has 32 heavy (non-hydrogen) atoms. The molecule has 170 valence electrons. The van der Waals surface area contributed by atoms with Crippen molar-refractivity contribution in [2.45, 2.75) is 43.9 Å². The first kappa shape index (κ1) is 23.2. The van der Waals surface area contributed by atoms with Crippen LogP contribution in [-0.4, -0.2) is 34.1 Å². The van der Waals surface area contributed by atoms with Crippen LogP contribution in [0.3, 0.4) is 0 Å². The van der Waals surface area contributed by atoms with Crippen LogP contribution in [0, 0.1) is 0 Å². The molecule has 1 fully saturated rings. The van der Waals surface area contributed by atoms with Gasteiger partial charge in [-0.1, -0.05) is 25.0 Å². The molecular weight excluding hydrogens is 425 g/mol. The van der Waals surface area contributed by atoms with E-state index in [1.54, 1.807) is 4.57 Å². The van der Waals surface area contributed by atoms with Gasteiger partial charge in [0.05, 0.1) is 0 Å². The van der Waals surface area contributed by atoms with Crippen molar-refractivity contribution in [3.05, 3.63) is 76.5 Å². The molecule has 0 unspecified atom stereocenters. The van der Waals surface area contributed by atoms with Crippen molar-refractivity contribution >= 4 is 11.8 Å². The second kappa shape index (κ2) is 9.80. The normalized spacial score (nSPS) is 15.2. The quantitative estimate of drug-likeness (QED) is 0.636. The Kier molecular flexibility index (Phi) is 7.12. The molecule has 1 saturated carbocycles. The van der Waals surface area contributed by atoms with Crippen molar-refractivity contribution in [2.24, 2.45) is 0 Å². The number of alkyl halides is 3. The molecular formula is C22H23F3N4O3. The number of hydrogen-bond acceptors (Lipinski definition) is 4. The molecule has 0 aromatic carbocycles. The fourth-order valence-electron chi connectivity index (χ4n) is 3.70. The third kappa shape index (κ3) is 5.24. The predicted molar refractivity (Wildman–Crippen MR) is 111 cm³/mol. The lowest BCUT2D eigenvalue weighted by Crippen LogP contribution is -2.41. The van der Waals surface area contributed by atoms with Gasteiger partial charge in [-0.25, -0.2) is 0 Å². The smallest absolute Gasteiger partial charge is 0.349 e. The summed E-state index contributed by atoms with van der Waals surface area (Å²) in [5.74, 6) is -1.94. The number of halogens is 3. The lowest BCUT2D eigenvalue weighted by atomic mass is 10.1. The van der Waals surface area contributed by atoms with Gasteiger partial charge in [-0.05, 0) is 18.9 Å². The van der Waals surface area contributed by atoms with E-state index < -0.39 is 35.0 Å². The van der Waals surface area contributed by atoms with Crippen LogP contribution in [0.4, 0.5) is 13.2 Å². The zero-order chi connectivity index (χ0) is 23.3. The van der Waals surface area contributed by atoms with Crippen molar-refractivity contribution in [3.63, 3.8) is 0 Å². The van der Waals surface area contributed by atoms with Crippen LogP contribution in [0.25, 0.3) is 0 Å². The van der Waals surface area contributed by atoms with E-state index in [-0.39, 0.29) is 23.7 Å². The Bertz CT molecular complexity index is 1040. The minimum atomic E-state index is -4.82. The van der Waals surface area contributed by atoms with Crippen LogP contribution in [0.2, 0.25) is 0 Å². The summed E-state index contributed by atoms with van der Waals surface area (Å²) in [7, 11) is 0. The molecule has 0 saturated heterocycles. The Balaban J connectivity index is 2.01. The number of carbonyl (C=O) groups excluding carboxylic acids is 2. The Hall–Kier alpha value is -3.43. The number of aromatic nitrogens is 2. The summed E-state index contributed by atoms with van der Waals surface area (Å²) in [4.78, 5) is 41.9. The molecule has 1 aliphatic carbocycles. The van der Waals surface area contributed by atoms with Gasteiger partial charge in [0.15, 0.2) is 6.04 Å². The number of nitrogens with one attached hydrogen (secondary N) is 2. The van der Waals surface area contributed by atoms with E-state index >= 15 is 0 Å². The highest BCUT2D eigenvalue weighted by molar-refractivity contribution is 5.99. The van der Waals surface area contributed by atoms with E-state index in [2.05, 4.69) is 16.9 Å². The molecule has 1 atom stereocenters. The highest BCUT2D eigenvalue weighted by Gasteiger charge is 2.42. The summed E-state index contributed by atoms with van der Waals surface area (Å²) in [6.45, 7) is 3.58. The minimum Gasteiger partial charge on any atom is -0.349 e. The van der Waals surface area contributed by atoms with Crippen LogP contribution in [0.1, 0.15) is 64.0 Å². The second-order valence-electron chi connectivity index (χ2n) is 7.53. The van der Waals surface area contributed by atoms with E-state index in [1.165, 1.54) is 36.8 Å². The van der Waals surface area contributed by atoms with Gasteiger partial charge in [0.25, 0.3) is 11.8 Å². The fraction of sp³-hybridized carbons (Fsp3) is 0.364. The third-order valence-electron chi connectivity index (χ3n) is 5.31. The SMILES string of the molecule is C=CCNC(=O)c1cn(C2CCCC2)cc(C(=O)N[C@H](c2cccnc2)C(F)(F)F)c1=O. The lowest BCUT2D eigenvalue weighted by molar-refractivity contribution is -0.155. The molecule has 0 aliphatic heterocycles. The van der Waals surface area contributed by atoms with E-state index in [4.69, 9.17) is 0 Å². The molecule has 2 aromatic rings. The average Bonchev–Trinajstić information content (AvgIpc) is 3.30. The zero-order valence-electron chi connectivity index (χ0n) is 17.2. The maximum absolute atomic E-state index is 13.7. The Morgan fingerprint density at radius 3 is 2.44 bits per heavy atom. The number of amides is 2. The summed E-state index contributed by atoms with van der Waals surface area (Å²) in [6.07, 6.45) is 4.93. The minimum absolute atomic E-state index is 0.0511. The molecule has 0 spiro atoms. The van der Waals surface area contributed by atoms with Gasteiger partial charge in [-0.3, -0.25) is 19.4 Å². The highest BCUT2D eigenvalue weighted by atomic mass is 19.4. The van der Waals surface area contributed by atoms with E-state index in [0.717, 1.165) is 31.9 Å². The van der Waals surface area contributed by atoms with Crippen LogP contribution in [-0.2, 0) is 0 Å². The molecule has 1 aliphatic rings. The maximum atomic E-state index is 13.7. The Morgan fingerprint density at radius 1 is 1.22 bits per heavy atom. The Morgan fingerprint density at radius 2 is 1.88 bits per heavy atom. The van der Waals surface area contributed by atoms with Crippen molar-refractivity contribution < 1.29 is 22.8 Å². The van der Waals surface area contributed by atoms with Crippen LogP contribution >= 0.6 is 0 Å². The topological polar surface area (TPSA) is 93.1 Å². The summed E-state index contributed by atoms with van der Waals surface area (Å²) in [6, 6.07) is 0.0883. The van der Waals surface area contributed by atoms with Gasteiger partial charge in [0.1, 0.15) is 11.1 Å². The molecule has 3 rings (SSSR count). The Labute approximate surface area is 182 Å². The van der Waals surface area contributed by atoms with Crippen LogP contribution in [0.5, 0.6) is 0 Å². The predicted octanol–water partition coefficient (Wildman–Crippen LogP) is 3.31. The van der Waals surface area contributed by atoms with Gasteiger partial charge in [-0.15, -0.1) is 6.58 Å². The third-order valence-corrected chi connectivity index (χ3v) is 5.31. The first-order chi connectivity index (χ1) is 15.2. The standard InChI is InChI=1S/C22H23F3N4O3/c1-2-9-27-20(31)16-12-29(15-7-3-4-8-15)13-17(18(16)30)21(32)28-19(22(23,24)25)14-6-5-10-26-11-14/h2,5-6,10-13,15,19H,1,3-4,7-9H2,(H,27,31)(H,28,32)/t19-/m1/s1. The first-order valence-corrected chi connectivity index (χ1v) is 10.1. The van der Waals surface area contributed by atoms with Gasteiger partial charge in [0, 0.05) is 42.9 Å². The van der Waals surface area contributed by atoms with Crippen LogP contribution in [0.15, 0.2) is 54.4 Å². The average molecular weight is 448 g/mol. The maximum Gasteiger partial charge on any atom is 0.412 e. The summed E-state index contributed by atoms with van der Waals surface area (Å²) in [5, 5.41) is 4.37. The molecule has 2 amide bonds. The molecule has 0 radical (unpaired) electrons. The number of carbonyl (C=O) groups is 2. The number of pyridine rings is 2. The molecule has 0 bridgehead atoms. The molecule has 10 heteroatoms. The molecule has 7 nitrogen and oxygen atoms in total. The molecule has 2 heterocycles. The number of hydrogen-bond donors (Lipinski definition) is 2. The van der Waals surface area contributed by atoms with Crippen LogP contribution < -0.4 is 16.1 Å². The fourth-order valence-corrected chi connectivity index (χ4v) is 3.70. The van der Waals surface area contributed by atoms with Gasteiger partial charge in [-0.2, -0.15) is 13.2 Å². The van der Waals surface area contributed by atoms with Gasteiger partial charge in [0.2, 0.25) is 5.43 Å². The monoisotopic (exact) mass is 448 g/mol.